The molecule has 0 fully saturated rings. The van der Waals surface area contributed by atoms with Crippen molar-refractivity contribution in [1.82, 2.24) is 0 Å². The first-order valence-electron chi connectivity index (χ1n) is 6.40. The molecule has 0 saturated heterocycles. The maximum Gasteiger partial charge on any atom is 0.265 e. The smallest absolute Gasteiger partial charge is 0.265 e. The van der Waals surface area contributed by atoms with Gasteiger partial charge in [-0.3, -0.25) is 4.31 Å². The lowest BCUT2D eigenvalue weighted by molar-refractivity contribution is 0.594. The first kappa shape index (κ1) is 15.8. The first-order valence-corrected chi connectivity index (χ1v) is 8.22. The van der Waals surface area contributed by atoms with Gasteiger partial charge in [0, 0.05) is 13.6 Å². The Morgan fingerprint density at radius 2 is 1.76 bits per heavy atom. The minimum atomic E-state index is -3.70. The number of hydrogen-bond donors (Lipinski definition) is 1. The zero-order valence-electron chi connectivity index (χ0n) is 11.9. The Morgan fingerprint density at radius 1 is 1.14 bits per heavy atom. The Bertz CT molecular complexity index is 743. The van der Waals surface area contributed by atoms with E-state index >= 15 is 0 Å². The molecule has 2 rings (SSSR count). The average Bonchev–Trinajstić information content (AvgIpc) is 2.46. The van der Waals surface area contributed by atoms with Crippen LogP contribution in [0.5, 0.6) is 0 Å². The summed E-state index contributed by atoms with van der Waals surface area (Å²) in [5, 5.41) is 0.178. The molecule has 0 aliphatic carbocycles. The topological polar surface area (TPSA) is 63.4 Å². The lowest BCUT2D eigenvalue weighted by atomic mass is 10.2. The Labute approximate surface area is 130 Å². The summed E-state index contributed by atoms with van der Waals surface area (Å²) in [6.07, 6.45) is 0. The molecule has 0 aliphatic heterocycles. The Hall–Kier alpha value is -1.56. The molecule has 21 heavy (non-hydrogen) atoms. The van der Waals surface area contributed by atoms with E-state index in [-0.39, 0.29) is 9.92 Å². The monoisotopic (exact) mass is 324 g/mol. The van der Waals surface area contributed by atoms with Crippen LogP contribution < -0.4 is 10.0 Å². The normalized spacial score (nSPS) is 11.4. The molecular formula is C15H17ClN2O2S. The number of nitrogens with two attached hydrogens (primary N) is 1. The number of sulfonamides is 1. The van der Waals surface area contributed by atoms with Crippen molar-refractivity contribution in [2.45, 2.75) is 18.4 Å². The summed E-state index contributed by atoms with van der Waals surface area (Å²) < 4.78 is 26.5. The van der Waals surface area contributed by atoms with Crippen molar-refractivity contribution < 1.29 is 8.42 Å². The molecule has 0 heterocycles. The number of aryl methyl sites for hydroxylation is 1. The van der Waals surface area contributed by atoms with Crippen LogP contribution in [0.2, 0.25) is 5.02 Å². The first-order chi connectivity index (χ1) is 9.86. The third-order valence-corrected chi connectivity index (χ3v) is 5.54. The Balaban J connectivity index is 2.44. The molecule has 0 aromatic heterocycles. The molecule has 0 bridgehead atoms. The van der Waals surface area contributed by atoms with Crippen LogP contribution in [-0.4, -0.2) is 15.5 Å². The van der Waals surface area contributed by atoms with Gasteiger partial charge >= 0.3 is 0 Å². The molecule has 6 heteroatoms. The molecule has 0 aliphatic rings. The molecule has 0 spiro atoms. The van der Waals surface area contributed by atoms with E-state index in [1.54, 1.807) is 24.3 Å². The zero-order chi connectivity index (χ0) is 15.6. The van der Waals surface area contributed by atoms with Crippen molar-refractivity contribution in [2.24, 2.45) is 5.73 Å². The van der Waals surface area contributed by atoms with Gasteiger partial charge in [-0.1, -0.05) is 35.4 Å². The van der Waals surface area contributed by atoms with Crippen molar-refractivity contribution >= 4 is 27.3 Å². The lowest BCUT2D eigenvalue weighted by Crippen LogP contribution is -2.26. The molecule has 0 amide bonds. The predicted molar refractivity (Wildman–Crippen MR) is 86.1 cm³/mol. The largest absolute Gasteiger partial charge is 0.326 e. The van der Waals surface area contributed by atoms with Gasteiger partial charge in [0.15, 0.2) is 0 Å². The Morgan fingerprint density at radius 3 is 2.29 bits per heavy atom. The van der Waals surface area contributed by atoms with Gasteiger partial charge in [-0.2, -0.15) is 0 Å². The number of rotatable bonds is 4. The highest BCUT2D eigenvalue weighted by atomic mass is 35.5. The number of anilines is 1. The molecule has 0 unspecified atom stereocenters. The summed E-state index contributed by atoms with van der Waals surface area (Å²) in [5.74, 6) is 0. The van der Waals surface area contributed by atoms with Gasteiger partial charge < -0.3 is 5.73 Å². The van der Waals surface area contributed by atoms with Crippen LogP contribution in [0.4, 0.5) is 5.69 Å². The van der Waals surface area contributed by atoms with Crippen LogP contribution >= 0.6 is 11.6 Å². The van der Waals surface area contributed by atoms with Crippen LogP contribution in [-0.2, 0) is 16.6 Å². The van der Waals surface area contributed by atoms with E-state index in [1.807, 2.05) is 19.1 Å². The second kappa shape index (κ2) is 6.05. The highest BCUT2D eigenvalue weighted by Crippen LogP contribution is 2.28. The summed E-state index contributed by atoms with van der Waals surface area (Å²) in [7, 11) is -2.19. The molecule has 112 valence electrons. The Kier molecular flexibility index (Phi) is 4.56. The van der Waals surface area contributed by atoms with Gasteiger partial charge in [0.1, 0.15) is 4.90 Å². The number of benzene rings is 2. The summed E-state index contributed by atoms with van der Waals surface area (Å²) in [6.45, 7) is 2.26. The quantitative estimate of drug-likeness (QED) is 0.940. The van der Waals surface area contributed by atoms with Crippen LogP contribution in [0, 0.1) is 6.92 Å². The molecule has 2 aromatic rings. The van der Waals surface area contributed by atoms with Crippen molar-refractivity contribution in [3.8, 4) is 0 Å². The molecule has 2 aromatic carbocycles. The summed E-state index contributed by atoms with van der Waals surface area (Å²) in [4.78, 5) is 0.0736. The van der Waals surface area contributed by atoms with Gasteiger partial charge in [0.25, 0.3) is 10.0 Å². The lowest BCUT2D eigenvalue weighted by Gasteiger charge is -2.20. The molecule has 0 radical (unpaired) electrons. The average molecular weight is 325 g/mol. The minimum Gasteiger partial charge on any atom is -0.326 e. The van der Waals surface area contributed by atoms with Crippen LogP contribution in [0.1, 0.15) is 11.1 Å². The van der Waals surface area contributed by atoms with Gasteiger partial charge in [0.2, 0.25) is 0 Å². The SMILES string of the molecule is Cc1ccc(N(C)S(=O)(=O)c2ccc(CN)cc2Cl)cc1. The zero-order valence-corrected chi connectivity index (χ0v) is 13.4. The predicted octanol–water partition coefficient (Wildman–Crippen LogP) is 2.93. The van der Waals surface area contributed by atoms with E-state index < -0.39 is 10.0 Å². The van der Waals surface area contributed by atoms with Crippen LogP contribution in [0.25, 0.3) is 0 Å². The number of halogens is 1. The van der Waals surface area contributed by atoms with E-state index in [1.165, 1.54) is 17.4 Å². The van der Waals surface area contributed by atoms with E-state index in [2.05, 4.69) is 0 Å². The maximum absolute atomic E-state index is 12.6. The molecule has 0 atom stereocenters. The highest BCUT2D eigenvalue weighted by molar-refractivity contribution is 7.93. The third-order valence-electron chi connectivity index (χ3n) is 3.27. The molecule has 2 N–H and O–H groups in total. The van der Waals surface area contributed by atoms with Gasteiger partial charge in [0.05, 0.1) is 10.7 Å². The van der Waals surface area contributed by atoms with Crippen molar-refractivity contribution in [3.63, 3.8) is 0 Å². The summed E-state index contributed by atoms with van der Waals surface area (Å²) >= 11 is 6.09. The second-order valence-electron chi connectivity index (χ2n) is 4.78. The fourth-order valence-electron chi connectivity index (χ4n) is 1.92. The van der Waals surface area contributed by atoms with Gasteiger partial charge in [-0.25, -0.2) is 8.42 Å². The van der Waals surface area contributed by atoms with Crippen molar-refractivity contribution in [2.75, 3.05) is 11.4 Å². The van der Waals surface area contributed by atoms with Gasteiger partial charge in [-0.05, 0) is 36.8 Å². The summed E-state index contributed by atoms with van der Waals surface area (Å²) in [5.41, 5.74) is 7.96. The number of nitrogens with zero attached hydrogens (tertiary/aromatic N) is 1. The van der Waals surface area contributed by atoms with Crippen LogP contribution in [0.3, 0.4) is 0 Å². The van der Waals surface area contributed by atoms with E-state index in [4.69, 9.17) is 17.3 Å². The van der Waals surface area contributed by atoms with Crippen molar-refractivity contribution in [3.05, 3.63) is 58.6 Å². The third kappa shape index (κ3) is 3.20. The maximum atomic E-state index is 12.6. The molecule has 0 saturated carbocycles. The summed E-state index contributed by atoms with van der Waals surface area (Å²) in [6, 6.07) is 12.0. The molecular weight excluding hydrogens is 308 g/mol. The van der Waals surface area contributed by atoms with Gasteiger partial charge in [-0.15, -0.1) is 0 Å². The van der Waals surface area contributed by atoms with E-state index in [9.17, 15) is 8.42 Å². The minimum absolute atomic E-state index is 0.0736. The van der Waals surface area contributed by atoms with Crippen molar-refractivity contribution in [1.29, 1.82) is 0 Å². The highest BCUT2D eigenvalue weighted by Gasteiger charge is 2.24. The standard InChI is InChI=1S/C15H17ClN2O2S/c1-11-3-6-13(7-4-11)18(2)21(19,20)15-8-5-12(10-17)9-14(15)16/h3-9H,10,17H2,1-2H3. The van der Waals surface area contributed by atoms with E-state index in [0.29, 0.717) is 12.2 Å². The second-order valence-corrected chi connectivity index (χ2v) is 7.12. The fraction of sp³-hybridized carbons (Fsp3) is 0.200. The van der Waals surface area contributed by atoms with E-state index in [0.717, 1.165) is 11.1 Å². The number of hydrogen-bond acceptors (Lipinski definition) is 3. The fourth-order valence-corrected chi connectivity index (χ4v) is 3.66. The van der Waals surface area contributed by atoms with Crippen LogP contribution in [0.15, 0.2) is 47.4 Å². The molecule has 4 nitrogen and oxygen atoms in total.